The minimum Gasteiger partial charge on any atom is -0.451 e. The van der Waals surface area contributed by atoms with E-state index < -0.39 is 23.6 Å². The number of amides is 2. The van der Waals surface area contributed by atoms with E-state index in [0.717, 1.165) is 30.3 Å². The fourth-order valence-corrected chi connectivity index (χ4v) is 5.41. The van der Waals surface area contributed by atoms with Gasteiger partial charge in [0.25, 0.3) is 5.91 Å². The summed E-state index contributed by atoms with van der Waals surface area (Å²) in [6.07, 6.45) is 3.47. The van der Waals surface area contributed by atoms with Crippen molar-refractivity contribution in [1.82, 2.24) is 10.6 Å². The number of aliphatic hydroxyl groups is 1. The lowest BCUT2D eigenvalue weighted by atomic mass is 9.80. The Morgan fingerprint density at radius 2 is 1.83 bits per heavy atom. The number of nitrogens with one attached hydrogen (secondary N) is 2. The molecule has 2 amide bonds. The van der Waals surface area contributed by atoms with Crippen molar-refractivity contribution in [2.45, 2.75) is 56.2 Å². The van der Waals surface area contributed by atoms with Crippen molar-refractivity contribution >= 4 is 28.5 Å². The summed E-state index contributed by atoms with van der Waals surface area (Å²) in [5, 5.41) is 27.2. The maximum Gasteiger partial charge on any atom is 0.287 e. The lowest BCUT2D eigenvalue weighted by Gasteiger charge is -2.41. The van der Waals surface area contributed by atoms with E-state index in [1.165, 1.54) is 0 Å². The standard InChI is InChI=1S/C28H30N4O4/c29-17-20-9-2-4-10-22(20)32-15-12-21(23(33)18-32)30-27(35)28(13-6-1-7-14-28)31-26(34)25-16-19-8-3-5-11-24(19)36-25/h2-5,8-11,16,21,23,33H,1,6-7,12-15,18H2,(H,30,35)(H,31,34). The molecule has 2 aliphatic rings. The fourth-order valence-electron chi connectivity index (χ4n) is 5.41. The summed E-state index contributed by atoms with van der Waals surface area (Å²) in [4.78, 5) is 28.7. The largest absolute Gasteiger partial charge is 0.451 e. The summed E-state index contributed by atoms with van der Waals surface area (Å²) in [7, 11) is 0. The molecule has 1 saturated carbocycles. The first kappa shape index (κ1) is 23.9. The van der Waals surface area contributed by atoms with Gasteiger partial charge in [-0.15, -0.1) is 0 Å². The quantitative estimate of drug-likeness (QED) is 0.508. The van der Waals surface area contributed by atoms with Crippen LogP contribution in [0.15, 0.2) is 59.0 Å². The van der Waals surface area contributed by atoms with E-state index in [1.54, 1.807) is 18.2 Å². The van der Waals surface area contributed by atoms with Crippen molar-refractivity contribution in [3.8, 4) is 6.07 Å². The van der Waals surface area contributed by atoms with E-state index in [2.05, 4.69) is 16.7 Å². The molecule has 2 heterocycles. The highest BCUT2D eigenvalue weighted by Crippen LogP contribution is 2.31. The number of fused-ring (bicyclic) bond motifs is 1. The van der Waals surface area contributed by atoms with Crippen LogP contribution in [0.25, 0.3) is 11.0 Å². The van der Waals surface area contributed by atoms with Crippen molar-refractivity contribution in [3.63, 3.8) is 0 Å². The highest BCUT2D eigenvalue weighted by Gasteiger charge is 2.43. The van der Waals surface area contributed by atoms with E-state index in [0.29, 0.717) is 43.5 Å². The van der Waals surface area contributed by atoms with Crippen LogP contribution in [0, 0.1) is 11.3 Å². The lowest BCUT2D eigenvalue weighted by molar-refractivity contribution is -0.130. The number of aliphatic hydroxyl groups excluding tert-OH is 1. The second-order valence-corrected chi connectivity index (χ2v) is 9.76. The van der Waals surface area contributed by atoms with Gasteiger partial charge in [0, 0.05) is 18.5 Å². The van der Waals surface area contributed by atoms with E-state index in [9.17, 15) is 20.0 Å². The minimum absolute atomic E-state index is 0.179. The zero-order valence-electron chi connectivity index (χ0n) is 20.1. The molecule has 36 heavy (non-hydrogen) atoms. The third-order valence-corrected chi connectivity index (χ3v) is 7.41. The van der Waals surface area contributed by atoms with Gasteiger partial charge in [0.2, 0.25) is 5.91 Å². The molecule has 0 radical (unpaired) electrons. The fraction of sp³-hybridized carbons (Fsp3) is 0.393. The molecule has 3 N–H and O–H groups in total. The normalized spacial score (nSPS) is 21.5. The number of anilines is 1. The van der Waals surface area contributed by atoms with Crippen LogP contribution < -0.4 is 15.5 Å². The van der Waals surface area contributed by atoms with E-state index in [4.69, 9.17) is 4.42 Å². The van der Waals surface area contributed by atoms with Gasteiger partial charge in [-0.25, -0.2) is 0 Å². The number of benzene rings is 2. The number of rotatable bonds is 5. The number of para-hydroxylation sites is 2. The zero-order valence-corrected chi connectivity index (χ0v) is 20.1. The van der Waals surface area contributed by atoms with Gasteiger partial charge >= 0.3 is 0 Å². The summed E-state index contributed by atoms with van der Waals surface area (Å²) in [5.41, 5.74) is 0.920. The summed E-state index contributed by atoms with van der Waals surface area (Å²) < 4.78 is 5.72. The van der Waals surface area contributed by atoms with Gasteiger partial charge in [-0.05, 0) is 43.5 Å². The van der Waals surface area contributed by atoms with E-state index in [1.807, 2.05) is 41.3 Å². The number of hydrogen-bond acceptors (Lipinski definition) is 6. The van der Waals surface area contributed by atoms with Crippen LogP contribution in [0.5, 0.6) is 0 Å². The number of carbonyl (C=O) groups excluding carboxylic acids is 2. The number of nitriles is 1. The lowest BCUT2D eigenvalue weighted by Crippen LogP contribution is -2.64. The molecule has 2 atom stereocenters. The number of carbonyl (C=O) groups is 2. The first-order valence-electron chi connectivity index (χ1n) is 12.5. The summed E-state index contributed by atoms with van der Waals surface area (Å²) in [6, 6.07) is 18.2. The van der Waals surface area contributed by atoms with Crippen LogP contribution in [0.3, 0.4) is 0 Å². The Morgan fingerprint density at radius 1 is 1.08 bits per heavy atom. The predicted molar refractivity (Wildman–Crippen MR) is 135 cm³/mol. The van der Waals surface area contributed by atoms with Crippen molar-refractivity contribution in [2.75, 3.05) is 18.0 Å². The Kier molecular flexibility index (Phi) is 6.66. The number of furan rings is 1. The highest BCUT2D eigenvalue weighted by molar-refractivity contribution is 6.00. The molecule has 0 bridgehead atoms. The van der Waals surface area contributed by atoms with E-state index >= 15 is 0 Å². The predicted octanol–water partition coefficient (Wildman–Crippen LogP) is 3.49. The van der Waals surface area contributed by atoms with Gasteiger partial charge < -0.3 is 25.1 Å². The molecular formula is C28H30N4O4. The van der Waals surface area contributed by atoms with Crippen LogP contribution in [0.4, 0.5) is 5.69 Å². The Morgan fingerprint density at radius 3 is 2.58 bits per heavy atom. The van der Waals surface area contributed by atoms with Crippen molar-refractivity contribution < 1.29 is 19.1 Å². The van der Waals surface area contributed by atoms with Gasteiger partial charge in [0.15, 0.2) is 5.76 Å². The van der Waals surface area contributed by atoms with Crippen molar-refractivity contribution in [2.24, 2.45) is 0 Å². The van der Waals surface area contributed by atoms with E-state index in [-0.39, 0.29) is 11.7 Å². The SMILES string of the molecule is N#Cc1ccccc1N1CCC(NC(=O)C2(NC(=O)c3cc4ccccc4o3)CCCCC2)C(O)C1. The maximum absolute atomic E-state index is 13.6. The maximum atomic E-state index is 13.6. The molecule has 1 aliphatic heterocycles. The third kappa shape index (κ3) is 4.67. The number of hydrogen-bond donors (Lipinski definition) is 3. The van der Waals surface area contributed by atoms with Gasteiger partial charge in [-0.2, -0.15) is 5.26 Å². The Labute approximate surface area is 209 Å². The molecule has 3 aromatic rings. The zero-order chi connectivity index (χ0) is 25.1. The summed E-state index contributed by atoms with van der Waals surface area (Å²) in [5.74, 6) is -0.494. The Bertz CT molecular complexity index is 1270. The van der Waals surface area contributed by atoms with Crippen LogP contribution in [0.2, 0.25) is 0 Å². The van der Waals surface area contributed by atoms with Crippen LogP contribution in [-0.2, 0) is 4.79 Å². The first-order valence-corrected chi connectivity index (χ1v) is 12.5. The van der Waals surface area contributed by atoms with Crippen LogP contribution in [-0.4, -0.2) is 47.7 Å². The second kappa shape index (κ2) is 10.0. The van der Waals surface area contributed by atoms with Crippen molar-refractivity contribution in [1.29, 1.82) is 5.26 Å². The summed E-state index contributed by atoms with van der Waals surface area (Å²) in [6.45, 7) is 0.904. The first-order chi connectivity index (χ1) is 17.5. The smallest absolute Gasteiger partial charge is 0.287 e. The molecule has 0 spiro atoms. The molecule has 8 nitrogen and oxygen atoms in total. The topological polar surface area (TPSA) is 119 Å². The molecule has 186 valence electrons. The summed E-state index contributed by atoms with van der Waals surface area (Å²) >= 11 is 0. The molecule has 8 heteroatoms. The molecule has 1 saturated heterocycles. The Balaban J connectivity index is 1.28. The molecule has 2 fully saturated rings. The van der Waals surface area contributed by atoms with Gasteiger partial charge in [-0.1, -0.05) is 49.6 Å². The number of piperidine rings is 1. The molecule has 2 aromatic carbocycles. The molecular weight excluding hydrogens is 456 g/mol. The molecule has 1 aliphatic carbocycles. The molecule has 5 rings (SSSR count). The van der Waals surface area contributed by atoms with Gasteiger partial charge in [0.1, 0.15) is 17.2 Å². The van der Waals surface area contributed by atoms with Crippen LogP contribution >= 0.6 is 0 Å². The minimum atomic E-state index is -1.04. The van der Waals surface area contributed by atoms with Gasteiger partial charge in [0.05, 0.1) is 23.4 Å². The van der Waals surface area contributed by atoms with Crippen LogP contribution in [0.1, 0.15) is 54.6 Å². The number of nitrogens with zero attached hydrogens (tertiary/aromatic N) is 2. The third-order valence-electron chi connectivity index (χ3n) is 7.41. The monoisotopic (exact) mass is 486 g/mol. The second-order valence-electron chi connectivity index (χ2n) is 9.76. The average Bonchev–Trinajstić information content (AvgIpc) is 3.35. The highest BCUT2D eigenvalue weighted by atomic mass is 16.3. The molecule has 2 unspecified atom stereocenters. The Hall–Kier alpha value is -3.83. The van der Waals surface area contributed by atoms with Gasteiger partial charge in [-0.3, -0.25) is 9.59 Å². The van der Waals surface area contributed by atoms with Crippen molar-refractivity contribution in [3.05, 3.63) is 65.9 Å². The average molecular weight is 487 g/mol. The number of β-amino-alcohol motifs (C(OH)–C–C–N with tert-alkyl or cyclic N) is 1. The molecule has 1 aromatic heterocycles.